The number of carbonyl (C=O) groups excluding carboxylic acids is 1. The van der Waals surface area contributed by atoms with Gasteiger partial charge in [0, 0.05) is 13.2 Å². The van der Waals surface area contributed by atoms with Gasteiger partial charge in [0.25, 0.3) is 10.0 Å². The maximum Gasteiger partial charge on any atom is 0.338 e. The van der Waals surface area contributed by atoms with Gasteiger partial charge in [0.1, 0.15) is 6.61 Å². The summed E-state index contributed by atoms with van der Waals surface area (Å²) in [6.07, 6.45) is 1.75. The van der Waals surface area contributed by atoms with Gasteiger partial charge in [-0.15, -0.1) is 0 Å². The van der Waals surface area contributed by atoms with E-state index in [-0.39, 0.29) is 29.7 Å². The number of carbonyl (C=O) groups is 1. The minimum Gasteiger partial charge on any atom is -0.459 e. The number of para-hydroxylation sites is 1. The maximum absolute atomic E-state index is 13.3. The summed E-state index contributed by atoms with van der Waals surface area (Å²) < 4.78 is 38.7. The molecule has 1 aliphatic heterocycles. The molecule has 1 saturated heterocycles. The van der Waals surface area contributed by atoms with Crippen molar-refractivity contribution < 1.29 is 22.7 Å². The first-order valence-corrected chi connectivity index (χ1v) is 10.8. The van der Waals surface area contributed by atoms with Gasteiger partial charge in [0.15, 0.2) is 0 Å². The molecule has 6 nitrogen and oxygen atoms in total. The van der Waals surface area contributed by atoms with E-state index in [1.165, 1.54) is 10.4 Å². The quantitative estimate of drug-likeness (QED) is 0.661. The van der Waals surface area contributed by atoms with Crippen LogP contribution in [-0.2, 0) is 19.5 Å². The SMILES string of the molecule is CCN(c1ccccc1)S(=O)(=O)c1cc(C(=O)OCC2CCCO2)ccc1C. The summed E-state index contributed by atoms with van der Waals surface area (Å²) in [5.74, 6) is -0.547. The fraction of sp³-hybridized carbons (Fsp3) is 0.381. The van der Waals surface area contributed by atoms with Crippen LogP contribution in [-0.4, -0.2) is 40.2 Å². The highest BCUT2D eigenvalue weighted by atomic mass is 32.2. The molecule has 3 rings (SSSR count). The van der Waals surface area contributed by atoms with Gasteiger partial charge in [0.2, 0.25) is 0 Å². The summed E-state index contributed by atoms with van der Waals surface area (Å²) in [7, 11) is -3.82. The van der Waals surface area contributed by atoms with Crippen molar-refractivity contribution in [2.24, 2.45) is 0 Å². The molecule has 2 aromatic carbocycles. The van der Waals surface area contributed by atoms with Crippen molar-refractivity contribution in [1.29, 1.82) is 0 Å². The van der Waals surface area contributed by atoms with Crippen LogP contribution >= 0.6 is 0 Å². The minimum absolute atomic E-state index is 0.0775. The van der Waals surface area contributed by atoms with Gasteiger partial charge in [0.05, 0.1) is 22.3 Å². The zero-order chi connectivity index (χ0) is 20.1. The van der Waals surface area contributed by atoms with Crippen molar-refractivity contribution >= 4 is 21.7 Å². The Morgan fingerprint density at radius 3 is 2.61 bits per heavy atom. The third-order valence-electron chi connectivity index (χ3n) is 4.75. The summed E-state index contributed by atoms with van der Waals surface area (Å²) in [6, 6.07) is 13.5. The molecule has 0 spiro atoms. The molecule has 0 radical (unpaired) electrons. The largest absolute Gasteiger partial charge is 0.459 e. The Morgan fingerprint density at radius 1 is 1.21 bits per heavy atom. The van der Waals surface area contributed by atoms with Crippen molar-refractivity contribution in [2.45, 2.75) is 37.7 Å². The van der Waals surface area contributed by atoms with Crippen LogP contribution in [0.25, 0.3) is 0 Å². The van der Waals surface area contributed by atoms with E-state index in [0.29, 0.717) is 17.9 Å². The predicted octanol–water partition coefficient (Wildman–Crippen LogP) is 3.55. The molecule has 0 N–H and O–H groups in total. The van der Waals surface area contributed by atoms with E-state index in [1.807, 2.05) is 6.07 Å². The lowest BCUT2D eigenvalue weighted by Gasteiger charge is -2.24. The Morgan fingerprint density at radius 2 is 1.96 bits per heavy atom. The Kier molecular flexibility index (Phi) is 6.36. The molecule has 0 aromatic heterocycles. The van der Waals surface area contributed by atoms with E-state index < -0.39 is 16.0 Å². The number of hydrogen-bond acceptors (Lipinski definition) is 5. The van der Waals surface area contributed by atoms with E-state index in [4.69, 9.17) is 9.47 Å². The Labute approximate surface area is 166 Å². The first-order valence-electron chi connectivity index (χ1n) is 9.40. The highest BCUT2D eigenvalue weighted by Gasteiger charge is 2.27. The number of esters is 1. The molecule has 1 heterocycles. The van der Waals surface area contributed by atoms with Crippen molar-refractivity contribution in [2.75, 3.05) is 24.1 Å². The van der Waals surface area contributed by atoms with Crippen LogP contribution in [0, 0.1) is 6.92 Å². The molecule has 0 aliphatic carbocycles. The van der Waals surface area contributed by atoms with Crippen molar-refractivity contribution in [3.05, 3.63) is 59.7 Å². The maximum atomic E-state index is 13.3. The lowest BCUT2D eigenvalue weighted by atomic mass is 10.1. The smallest absolute Gasteiger partial charge is 0.338 e. The van der Waals surface area contributed by atoms with E-state index in [0.717, 1.165) is 12.8 Å². The lowest BCUT2D eigenvalue weighted by Crippen LogP contribution is -2.31. The second-order valence-electron chi connectivity index (χ2n) is 6.72. The third kappa shape index (κ3) is 4.36. The minimum atomic E-state index is -3.82. The molecule has 28 heavy (non-hydrogen) atoms. The molecule has 7 heteroatoms. The molecule has 2 aromatic rings. The molecule has 150 valence electrons. The molecule has 1 fully saturated rings. The van der Waals surface area contributed by atoms with Crippen LogP contribution in [0.2, 0.25) is 0 Å². The van der Waals surface area contributed by atoms with Gasteiger partial charge in [-0.1, -0.05) is 24.3 Å². The van der Waals surface area contributed by atoms with Crippen LogP contribution in [0.3, 0.4) is 0 Å². The Hall–Kier alpha value is -2.38. The molecule has 1 unspecified atom stereocenters. The van der Waals surface area contributed by atoms with Gasteiger partial charge in [-0.3, -0.25) is 4.31 Å². The van der Waals surface area contributed by atoms with Crippen molar-refractivity contribution in [1.82, 2.24) is 0 Å². The fourth-order valence-corrected chi connectivity index (χ4v) is 4.96. The number of hydrogen-bond donors (Lipinski definition) is 0. The molecule has 1 atom stereocenters. The third-order valence-corrected chi connectivity index (χ3v) is 6.79. The van der Waals surface area contributed by atoms with E-state index in [1.54, 1.807) is 50.2 Å². The highest BCUT2D eigenvalue weighted by molar-refractivity contribution is 7.92. The average molecular weight is 404 g/mol. The van der Waals surface area contributed by atoms with Gasteiger partial charge in [-0.25, -0.2) is 13.2 Å². The molecule has 0 saturated carbocycles. The normalized spacial score (nSPS) is 16.7. The van der Waals surface area contributed by atoms with E-state index in [2.05, 4.69) is 0 Å². The number of sulfonamides is 1. The Bertz CT molecular complexity index is 921. The molecule has 0 bridgehead atoms. The van der Waals surface area contributed by atoms with Gasteiger partial charge < -0.3 is 9.47 Å². The first-order chi connectivity index (χ1) is 13.4. The second kappa shape index (κ2) is 8.75. The number of rotatable bonds is 7. The van der Waals surface area contributed by atoms with E-state index >= 15 is 0 Å². The number of anilines is 1. The lowest BCUT2D eigenvalue weighted by molar-refractivity contribution is 0.0161. The van der Waals surface area contributed by atoms with Crippen molar-refractivity contribution in [3.63, 3.8) is 0 Å². The van der Waals surface area contributed by atoms with Crippen LogP contribution in [0.5, 0.6) is 0 Å². The fourth-order valence-electron chi connectivity index (χ4n) is 3.24. The molecular weight excluding hydrogens is 378 g/mol. The summed E-state index contributed by atoms with van der Waals surface area (Å²) in [6.45, 7) is 4.63. The molecule has 1 aliphatic rings. The van der Waals surface area contributed by atoms with Gasteiger partial charge in [-0.05, 0) is 56.5 Å². The Balaban J connectivity index is 1.86. The van der Waals surface area contributed by atoms with E-state index in [9.17, 15) is 13.2 Å². The number of aryl methyl sites for hydroxylation is 1. The zero-order valence-electron chi connectivity index (χ0n) is 16.1. The van der Waals surface area contributed by atoms with Crippen LogP contribution in [0.1, 0.15) is 35.7 Å². The number of nitrogens with zero attached hydrogens (tertiary/aromatic N) is 1. The topological polar surface area (TPSA) is 72.9 Å². The van der Waals surface area contributed by atoms with Crippen LogP contribution < -0.4 is 4.31 Å². The molecular formula is C21H25NO5S. The molecule has 0 amide bonds. The van der Waals surface area contributed by atoms with Gasteiger partial charge >= 0.3 is 5.97 Å². The monoisotopic (exact) mass is 403 g/mol. The predicted molar refractivity (Wildman–Crippen MR) is 107 cm³/mol. The van der Waals surface area contributed by atoms with Crippen LogP contribution in [0.4, 0.5) is 5.69 Å². The standard InChI is InChI=1S/C21H25NO5S/c1-3-22(18-8-5-4-6-9-18)28(24,25)20-14-17(12-11-16(20)2)21(23)27-15-19-10-7-13-26-19/h4-6,8-9,11-12,14,19H,3,7,10,13,15H2,1-2H3. The highest BCUT2D eigenvalue weighted by Crippen LogP contribution is 2.26. The van der Waals surface area contributed by atoms with Crippen molar-refractivity contribution in [3.8, 4) is 0 Å². The summed E-state index contributed by atoms with van der Waals surface area (Å²) in [4.78, 5) is 12.5. The summed E-state index contributed by atoms with van der Waals surface area (Å²) in [5, 5.41) is 0. The first kappa shape index (κ1) is 20.4. The second-order valence-corrected chi connectivity index (χ2v) is 8.55. The summed E-state index contributed by atoms with van der Waals surface area (Å²) >= 11 is 0. The zero-order valence-corrected chi connectivity index (χ0v) is 16.9. The number of ether oxygens (including phenoxy) is 2. The number of benzene rings is 2. The van der Waals surface area contributed by atoms with Crippen LogP contribution in [0.15, 0.2) is 53.4 Å². The van der Waals surface area contributed by atoms with Gasteiger partial charge in [-0.2, -0.15) is 0 Å². The summed E-state index contributed by atoms with van der Waals surface area (Å²) in [5.41, 5.74) is 1.37. The average Bonchev–Trinajstić information content (AvgIpc) is 3.21.